The van der Waals surface area contributed by atoms with Gasteiger partial charge in [-0.1, -0.05) is 0 Å². The van der Waals surface area contributed by atoms with E-state index in [1.165, 1.54) is 23.1 Å². The Balaban J connectivity index is 2.20. The Bertz CT molecular complexity index is 453. The molecule has 0 unspecified atom stereocenters. The number of alkyl halides is 4. The summed E-state index contributed by atoms with van der Waals surface area (Å²) in [6.45, 7) is -2.97. The Morgan fingerprint density at radius 3 is 2.68 bits per heavy atom. The maximum Gasteiger partial charge on any atom is 0.387 e. The molecule has 106 valence electrons. The van der Waals surface area contributed by atoms with Crippen molar-refractivity contribution in [3.05, 3.63) is 18.2 Å². The van der Waals surface area contributed by atoms with Gasteiger partial charge in [-0.25, -0.2) is 8.78 Å². The Kier molecular flexibility index (Phi) is 3.73. The van der Waals surface area contributed by atoms with E-state index in [-0.39, 0.29) is 17.9 Å². The molecule has 0 spiro atoms. The predicted octanol–water partition coefficient (Wildman–Crippen LogP) is 3.11. The van der Waals surface area contributed by atoms with Crippen molar-refractivity contribution >= 4 is 11.4 Å². The summed E-state index contributed by atoms with van der Waals surface area (Å²) in [5, 5.41) is 0. The highest BCUT2D eigenvalue weighted by molar-refractivity contribution is 5.62. The Morgan fingerprint density at radius 1 is 1.32 bits per heavy atom. The van der Waals surface area contributed by atoms with Crippen LogP contribution in [0.3, 0.4) is 0 Å². The summed E-state index contributed by atoms with van der Waals surface area (Å²) in [6, 6.07) is 4.16. The first-order chi connectivity index (χ1) is 8.87. The second-order valence-electron chi connectivity index (χ2n) is 4.48. The van der Waals surface area contributed by atoms with Gasteiger partial charge >= 0.3 is 6.61 Å². The van der Waals surface area contributed by atoms with Gasteiger partial charge in [0.15, 0.2) is 5.75 Å². The van der Waals surface area contributed by atoms with Gasteiger partial charge in [-0.3, -0.25) is 0 Å². The van der Waals surface area contributed by atoms with Crippen LogP contribution in [-0.2, 0) is 0 Å². The van der Waals surface area contributed by atoms with Gasteiger partial charge in [0.25, 0.3) is 5.92 Å². The molecule has 0 radical (unpaired) electrons. The van der Waals surface area contributed by atoms with Gasteiger partial charge in [0, 0.05) is 24.7 Å². The zero-order valence-electron chi connectivity index (χ0n) is 10.1. The Morgan fingerprint density at radius 2 is 2.05 bits per heavy atom. The number of anilines is 2. The van der Waals surface area contributed by atoms with E-state index in [2.05, 4.69) is 4.74 Å². The molecule has 7 heteroatoms. The highest BCUT2D eigenvalue weighted by Crippen LogP contribution is 2.33. The van der Waals surface area contributed by atoms with Gasteiger partial charge in [-0.05, 0) is 18.6 Å². The average Bonchev–Trinajstić information content (AvgIpc) is 2.30. The van der Waals surface area contributed by atoms with Gasteiger partial charge < -0.3 is 15.4 Å². The first-order valence-corrected chi connectivity index (χ1v) is 5.84. The van der Waals surface area contributed by atoms with Crippen molar-refractivity contribution in [2.45, 2.75) is 25.4 Å². The van der Waals surface area contributed by atoms with Crippen molar-refractivity contribution in [1.29, 1.82) is 0 Å². The van der Waals surface area contributed by atoms with E-state index >= 15 is 0 Å². The van der Waals surface area contributed by atoms with Gasteiger partial charge in [0.2, 0.25) is 0 Å². The summed E-state index contributed by atoms with van der Waals surface area (Å²) >= 11 is 0. The van der Waals surface area contributed by atoms with E-state index < -0.39 is 19.1 Å². The van der Waals surface area contributed by atoms with Crippen molar-refractivity contribution in [2.24, 2.45) is 0 Å². The number of benzene rings is 1. The highest BCUT2D eigenvalue weighted by atomic mass is 19.3. The maximum absolute atomic E-state index is 13.3. The van der Waals surface area contributed by atoms with Crippen LogP contribution in [0.2, 0.25) is 0 Å². The van der Waals surface area contributed by atoms with Crippen molar-refractivity contribution in [3.8, 4) is 5.75 Å². The molecule has 0 aliphatic carbocycles. The lowest BCUT2D eigenvalue weighted by atomic mass is 10.1. The molecule has 1 aromatic rings. The zero-order valence-corrected chi connectivity index (χ0v) is 10.1. The third kappa shape index (κ3) is 3.42. The molecule has 0 amide bonds. The van der Waals surface area contributed by atoms with Crippen molar-refractivity contribution in [2.75, 3.05) is 23.7 Å². The summed E-state index contributed by atoms with van der Waals surface area (Å²) < 4.78 is 55.3. The average molecular weight is 278 g/mol. The van der Waals surface area contributed by atoms with Crippen LogP contribution >= 0.6 is 0 Å². The zero-order chi connectivity index (χ0) is 14.0. The van der Waals surface area contributed by atoms with E-state index in [4.69, 9.17) is 5.73 Å². The van der Waals surface area contributed by atoms with Crippen LogP contribution in [0, 0.1) is 0 Å². The molecule has 1 aliphatic heterocycles. The molecule has 0 aromatic heterocycles. The fourth-order valence-corrected chi connectivity index (χ4v) is 2.10. The fourth-order valence-electron chi connectivity index (χ4n) is 2.10. The molecule has 1 fully saturated rings. The van der Waals surface area contributed by atoms with Gasteiger partial charge in [-0.2, -0.15) is 8.78 Å². The van der Waals surface area contributed by atoms with Crippen LogP contribution in [0.4, 0.5) is 28.9 Å². The van der Waals surface area contributed by atoms with Crippen LogP contribution in [0.1, 0.15) is 12.8 Å². The van der Waals surface area contributed by atoms with Crippen molar-refractivity contribution in [3.63, 3.8) is 0 Å². The Hall–Kier alpha value is -1.66. The molecule has 0 bridgehead atoms. The molecule has 0 saturated carbocycles. The van der Waals surface area contributed by atoms with Crippen molar-refractivity contribution in [1.82, 2.24) is 0 Å². The second kappa shape index (κ2) is 5.14. The number of hydrogen-bond acceptors (Lipinski definition) is 3. The Labute approximate surface area is 107 Å². The first-order valence-electron chi connectivity index (χ1n) is 5.84. The first kappa shape index (κ1) is 13.8. The molecule has 2 N–H and O–H groups in total. The SMILES string of the molecule is Nc1ccc(N2CCCC(F)(F)C2)cc1OC(F)F. The lowest BCUT2D eigenvalue weighted by molar-refractivity contribution is -0.0493. The maximum atomic E-state index is 13.3. The van der Waals surface area contributed by atoms with Gasteiger partial charge in [0.05, 0.1) is 12.2 Å². The molecule has 1 heterocycles. The number of nitrogens with two attached hydrogens (primary N) is 1. The number of nitrogens with zero attached hydrogens (tertiary/aromatic N) is 1. The second-order valence-corrected chi connectivity index (χ2v) is 4.48. The van der Waals surface area contributed by atoms with Gasteiger partial charge in [0.1, 0.15) is 0 Å². The molecule has 1 aliphatic rings. The van der Waals surface area contributed by atoms with Gasteiger partial charge in [-0.15, -0.1) is 0 Å². The quantitative estimate of drug-likeness (QED) is 0.682. The van der Waals surface area contributed by atoms with E-state index in [1.54, 1.807) is 0 Å². The molecule has 2 rings (SSSR count). The third-order valence-corrected chi connectivity index (χ3v) is 2.97. The normalized spacial score (nSPS) is 18.7. The summed E-state index contributed by atoms with van der Waals surface area (Å²) in [5.41, 5.74) is 5.95. The summed E-state index contributed by atoms with van der Waals surface area (Å²) in [7, 11) is 0. The summed E-state index contributed by atoms with van der Waals surface area (Å²) in [5.74, 6) is -2.95. The number of nitrogen functional groups attached to an aromatic ring is 1. The number of hydrogen-bond donors (Lipinski definition) is 1. The lowest BCUT2D eigenvalue weighted by Gasteiger charge is -2.34. The van der Waals surface area contributed by atoms with E-state index in [1.807, 2.05) is 0 Å². The molecule has 0 atom stereocenters. The lowest BCUT2D eigenvalue weighted by Crippen LogP contribution is -2.42. The minimum absolute atomic E-state index is 0.0489. The highest BCUT2D eigenvalue weighted by Gasteiger charge is 2.35. The molecular formula is C12H14F4N2O. The summed E-state index contributed by atoms with van der Waals surface area (Å²) in [6.07, 6.45) is 0.196. The van der Waals surface area contributed by atoms with E-state index in [9.17, 15) is 17.6 Å². The molecular weight excluding hydrogens is 264 g/mol. The minimum atomic E-state index is -3.00. The van der Waals surface area contributed by atoms with E-state index in [0.29, 0.717) is 18.7 Å². The van der Waals surface area contributed by atoms with Crippen LogP contribution in [-0.4, -0.2) is 25.6 Å². The fraction of sp³-hybridized carbons (Fsp3) is 0.500. The van der Waals surface area contributed by atoms with Crippen LogP contribution < -0.4 is 15.4 Å². The third-order valence-electron chi connectivity index (χ3n) is 2.97. The predicted molar refractivity (Wildman–Crippen MR) is 63.9 cm³/mol. The smallest absolute Gasteiger partial charge is 0.387 e. The van der Waals surface area contributed by atoms with E-state index in [0.717, 1.165) is 0 Å². The van der Waals surface area contributed by atoms with Crippen LogP contribution in [0.25, 0.3) is 0 Å². The standard InChI is InChI=1S/C12H14F4N2O/c13-11(14)19-10-6-8(2-3-9(10)17)18-5-1-4-12(15,16)7-18/h2-3,6,11H,1,4-5,7,17H2. The molecule has 3 nitrogen and oxygen atoms in total. The molecule has 19 heavy (non-hydrogen) atoms. The van der Waals surface area contributed by atoms with Crippen LogP contribution in [0.15, 0.2) is 18.2 Å². The monoisotopic (exact) mass is 278 g/mol. The molecule has 1 saturated heterocycles. The minimum Gasteiger partial charge on any atom is -0.433 e. The summed E-state index contributed by atoms with van der Waals surface area (Å²) in [4.78, 5) is 1.45. The topological polar surface area (TPSA) is 38.5 Å². The van der Waals surface area contributed by atoms with Crippen molar-refractivity contribution < 1.29 is 22.3 Å². The largest absolute Gasteiger partial charge is 0.433 e. The van der Waals surface area contributed by atoms with Crippen LogP contribution in [0.5, 0.6) is 5.75 Å². The number of piperidine rings is 1. The number of halogens is 4. The molecule has 1 aromatic carbocycles. The number of ether oxygens (including phenoxy) is 1. The number of rotatable bonds is 3.